The average Bonchev–Trinajstić information content (AvgIpc) is 2.43. The fourth-order valence-electron chi connectivity index (χ4n) is 0.972. The molecule has 0 aliphatic heterocycles. The fraction of sp³-hybridized carbons (Fsp3) is 0.500. The predicted molar refractivity (Wildman–Crippen MR) is 45.5 cm³/mol. The normalized spacial score (nSPS) is 11.6. The Morgan fingerprint density at radius 3 is 2.56 bits per heavy atom. The molecule has 0 saturated carbocycles. The number of amides is 1. The second-order valence-corrected chi connectivity index (χ2v) is 2.98. The number of rotatable bonds is 3. The van der Waals surface area contributed by atoms with Gasteiger partial charge in [0.25, 0.3) is 0 Å². The molecule has 1 heterocycles. The maximum Gasteiger partial charge on any atom is 0.414 e. The molecule has 0 aliphatic rings. The summed E-state index contributed by atoms with van der Waals surface area (Å²) in [5.74, 6) is -0.819. The van der Waals surface area contributed by atoms with Gasteiger partial charge in [0.15, 0.2) is 12.5 Å². The highest BCUT2D eigenvalue weighted by atomic mass is 19.4. The number of halogens is 3. The molecule has 90 valence electrons. The van der Waals surface area contributed by atoms with Crippen LogP contribution in [0.1, 0.15) is 22.1 Å². The first-order chi connectivity index (χ1) is 7.29. The molecule has 0 saturated heterocycles. The number of hydroxylamine groups is 1. The molecule has 0 unspecified atom stereocenters. The van der Waals surface area contributed by atoms with Gasteiger partial charge in [-0.1, -0.05) is 0 Å². The lowest BCUT2D eigenvalue weighted by Gasteiger charge is -2.06. The van der Waals surface area contributed by atoms with Crippen molar-refractivity contribution in [3.8, 4) is 0 Å². The van der Waals surface area contributed by atoms with E-state index in [0.29, 0.717) is 0 Å². The van der Waals surface area contributed by atoms with E-state index >= 15 is 0 Å². The smallest absolute Gasteiger partial charge is 0.414 e. The molecular weight excluding hydrogens is 229 g/mol. The van der Waals surface area contributed by atoms with Crippen molar-refractivity contribution in [1.29, 1.82) is 0 Å². The Labute approximate surface area is 88.5 Å². The minimum absolute atomic E-state index is 0.167. The molecule has 0 aromatic carbocycles. The Balaban J connectivity index is 2.51. The first kappa shape index (κ1) is 12.5. The van der Waals surface area contributed by atoms with Crippen LogP contribution >= 0.6 is 0 Å². The summed E-state index contributed by atoms with van der Waals surface area (Å²) < 4.78 is 39.9. The topological polar surface area (TPSA) is 64.4 Å². The number of alkyl halides is 3. The number of aryl methyl sites for hydroxylation is 2. The van der Waals surface area contributed by atoms with Crippen LogP contribution in [0.5, 0.6) is 0 Å². The maximum absolute atomic E-state index is 11.7. The molecule has 1 amide bonds. The molecule has 1 N–H and O–H groups in total. The van der Waals surface area contributed by atoms with Crippen molar-refractivity contribution in [1.82, 2.24) is 10.5 Å². The minimum atomic E-state index is -4.50. The summed E-state index contributed by atoms with van der Waals surface area (Å²) in [6, 6.07) is 0. The number of oxazole rings is 1. The highest BCUT2D eigenvalue weighted by molar-refractivity contribution is 5.91. The van der Waals surface area contributed by atoms with E-state index in [2.05, 4.69) is 9.82 Å². The minimum Gasteiger partial charge on any atom is -0.435 e. The molecule has 8 heteroatoms. The number of nitrogens with zero attached hydrogens (tertiary/aromatic N) is 1. The van der Waals surface area contributed by atoms with E-state index in [1.807, 2.05) is 0 Å². The van der Waals surface area contributed by atoms with E-state index in [1.165, 1.54) is 13.8 Å². The summed E-state index contributed by atoms with van der Waals surface area (Å²) >= 11 is 0. The molecule has 1 aromatic heterocycles. The SMILES string of the molecule is Cc1nc(C)c(C(=O)NOCC(F)(F)F)o1. The highest BCUT2D eigenvalue weighted by Crippen LogP contribution is 2.14. The van der Waals surface area contributed by atoms with E-state index in [4.69, 9.17) is 4.42 Å². The van der Waals surface area contributed by atoms with Crippen LogP contribution in [0.3, 0.4) is 0 Å². The van der Waals surface area contributed by atoms with E-state index in [1.54, 1.807) is 5.48 Å². The second kappa shape index (κ2) is 4.52. The number of carbonyl (C=O) groups excluding carboxylic acids is 1. The van der Waals surface area contributed by atoms with E-state index < -0.39 is 18.7 Å². The zero-order chi connectivity index (χ0) is 12.3. The Morgan fingerprint density at radius 2 is 2.12 bits per heavy atom. The monoisotopic (exact) mass is 238 g/mol. The van der Waals surface area contributed by atoms with Gasteiger partial charge in [-0.25, -0.2) is 10.5 Å². The molecule has 0 spiro atoms. The molecular formula is C8H9F3N2O3. The standard InChI is InChI=1S/C8H9F3N2O3/c1-4-6(16-5(2)12-4)7(14)13-15-3-8(9,10)11/h3H2,1-2H3,(H,13,14). The van der Waals surface area contributed by atoms with E-state index in [-0.39, 0.29) is 17.3 Å². The first-order valence-corrected chi connectivity index (χ1v) is 4.22. The van der Waals surface area contributed by atoms with Crippen molar-refractivity contribution in [3.63, 3.8) is 0 Å². The van der Waals surface area contributed by atoms with Crippen LogP contribution in [-0.4, -0.2) is 23.7 Å². The van der Waals surface area contributed by atoms with E-state index in [0.717, 1.165) is 0 Å². The summed E-state index contributed by atoms with van der Waals surface area (Å²) in [5.41, 5.74) is 1.90. The largest absolute Gasteiger partial charge is 0.435 e. The van der Waals surface area contributed by atoms with Crippen LogP contribution in [0.2, 0.25) is 0 Å². The van der Waals surface area contributed by atoms with Crippen molar-refractivity contribution < 1.29 is 27.2 Å². The van der Waals surface area contributed by atoms with Crippen LogP contribution in [0.4, 0.5) is 13.2 Å². The third kappa shape index (κ3) is 3.54. The van der Waals surface area contributed by atoms with Gasteiger partial charge in [0.1, 0.15) is 0 Å². The number of hydrogen-bond donors (Lipinski definition) is 1. The maximum atomic E-state index is 11.7. The van der Waals surface area contributed by atoms with Gasteiger partial charge >= 0.3 is 12.1 Å². The third-order valence-electron chi connectivity index (χ3n) is 1.51. The lowest BCUT2D eigenvalue weighted by Crippen LogP contribution is -2.29. The molecule has 1 aromatic rings. The van der Waals surface area contributed by atoms with Gasteiger partial charge in [-0.3, -0.25) is 9.63 Å². The number of hydrogen-bond acceptors (Lipinski definition) is 4. The number of aromatic nitrogens is 1. The summed E-state index contributed by atoms with van der Waals surface area (Å²) in [5, 5.41) is 0. The highest BCUT2D eigenvalue weighted by Gasteiger charge is 2.28. The number of carbonyl (C=O) groups is 1. The number of nitrogens with one attached hydrogen (secondary N) is 1. The summed E-state index contributed by atoms with van der Waals surface area (Å²) in [7, 11) is 0. The second-order valence-electron chi connectivity index (χ2n) is 2.98. The molecule has 0 bridgehead atoms. The zero-order valence-corrected chi connectivity index (χ0v) is 8.51. The van der Waals surface area contributed by atoms with Crippen LogP contribution in [-0.2, 0) is 4.84 Å². The molecule has 0 radical (unpaired) electrons. The van der Waals surface area contributed by atoms with Gasteiger partial charge in [0, 0.05) is 6.92 Å². The quantitative estimate of drug-likeness (QED) is 0.811. The van der Waals surface area contributed by atoms with Crippen LogP contribution in [0.15, 0.2) is 4.42 Å². The third-order valence-corrected chi connectivity index (χ3v) is 1.51. The Bertz CT molecular complexity index is 386. The van der Waals surface area contributed by atoms with Gasteiger partial charge in [-0.2, -0.15) is 13.2 Å². The van der Waals surface area contributed by atoms with Crippen molar-refractivity contribution in [2.75, 3.05) is 6.61 Å². The summed E-state index contributed by atoms with van der Waals surface area (Å²) in [4.78, 5) is 19.0. The van der Waals surface area contributed by atoms with Crippen LogP contribution in [0, 0.1) is 13.8 Å². The van der Waals surface area contributed by atoms with E-state index in [9.17, 15) is 18.0 Å². The lowest BCUT2D eigenvalue weighted by molar-refractivity contribution is -0.184. The lowest BCUT2D eigenvalue weighted by atomic mass is 10.4. The summed E-state index contributed by atoms with van der Waals surface area (Å²) in [6.07, 6.45) is -4.50. The van der Waals surface area contributed by atoms with Crippen molar-refractivity contribution in [2.24, 2.45) is 0 Å². The first-order valence-electron chi connectivity index (χ1n) is 4.22. The fourth-order valence-corrected chi connectivity index (χ4v) is 0.972. The molecule has 5 nitrogen and oxygen atoms in total. The Kier molecular flexibility index (Phi) is 3.53. The van der Waals surface area contributed by atoms with Crippen LogP contribution < -0.4 is 5.48 Å². The van der Waals surface area contributed by atoms with Gasteiger partial charge in [0.2, 0.25) is 5.76 Å². The Morgan fingerprint density at radius 1 is 1.50 bits per heavy atom. The van der Waals surface area contributed by atoms with Gasteiger partial charge in [-0.15, -0.1) is 0 Å². The predicted octanol–water partition coefficient (Wildman–Crippen LogP) is 1.52. The molecule has 1 rings (SSSR count). The van der Waals surface area contributed by atoms with Crippen molar-refractivity contribution in [2.45, 2.75) is 20.0 Å². The molecule has 0 atom stereocenters. The Hall–Kier alpha value is -1.57. The molecule has 0 fully saturated rings. The summed E-state index contributed by atoms with van der Waals surface area (Å²) in [6.45, 7) is 1.44. The van der Waals surface area contributed by atoms with Gasteiger partial charge in [0.05, 0.1) is 5.69 Å². The average molecular weight is 238 g/mol. The molecule has 0 aliphatic carbocycles. The van der Waals surface area contributed by atoms with Crippen molar-refractivity contribution >= 4 is 5.91 Å². The van der Waals surface area contributed by atoms with Crippen molar-refractivity contribution in [3.05, 3.63) is 17.3 Å². The zero-order valence-electron chi connectivity index (χ0n) is 8.51. The van der Waals surface area contributed by atoms with Crippen LogP contribution in [0.25, 0.3) is 0 Å². The van der Waals surface area contributed by atoms with Gasteiger partial charge in [-0.05, 0) is 6.92 Å². The van der Waals surface area contributed by atoms with Gasteiger partial charge < -0.3 is 4.42 Å². The molecule has 16 heavy (non-hydrogen) atoms.